The van der Waals surface area contributed by atoms with Crippen LogP contribution in [-0.2, 0) is 0 Å². The molecule has 0 N–H and O–H groups in total. The predicted molar refractivity (Wildman–Crippen MR) is 248 cm³/mol. The average Bonchev–Trinajstić information content (AvgIpc) is 3.82. The van der Waals surface area contributed by atoms with Gasteiger partial charge in [-0.2, -0.15) is 0 Å². The SMILES string of the molecule is CC1C/C=C(\c2ccc3oc4ccccc4c3c2-n2c3ccccc3c3cc4ccccc4cc32)N=C(c2cc3ccccc3c3ccccc23)N=C1c1ccccc1. The highest BCUT2D eigenvalue weighted by Crippen LogP contribution is 2.44. The molecule has 2 aromatic heterocycles. The highest BCUT2D eigenvalue weighted by Gasteiger charge is 2.26. The van der Waals surface area contributed by atoms with Gasteiger partial charge in [-0.25, -0.2) is 9.98 Å². The van der Waals surface area contributed by atoms with Crippen molar-refractivity contribution in [3.63, 3.8) is 0 Å². The number of hydrogen-bond acceptors (Lipinski definition) is 3. The Labute approximate surface area is 340 Å². The van der Waals surface area contributed by atoms with E-state index in [1.165, 1.54) is 32.3 Å². The van der Waals surface area contributed by atoms with Crippen LogP contribution < -0.4 is 0 Å². The van der Waals surface area contributed by atoms with Gasteiger partial charge in [0.2, 0.25) is 0 Å². The van der Waals surface area contributed by atoms with E-state index in [2.05, 4.69) is 193 Å². The number of nitrogens with zero attached hydrogens (tertiary/aromatic N) is 3. The fourth-order valence-electron chi connectivity index (χ4n) is 9.43. The average molecular weight is 756 g/mol. The standard InChI is InChI=1S/C55H37N3O/c1-34-27-29-47(56-55(57-53(34)35-15-3-2-4-16-35)46-32-38-19-7-8-20-39(38)40-21-9-10-22-41(40)46)43-28-30-51-52(44-24-12-14-26-50(44)59-51)54(43)58-48-25-13-11-23-42(48)45-31-36-17-5-6-18-37(36)33-49(45)58/h2-26,28-34H,27H2,1H3/b47-29+,56-55?,57-53?. The first-order chi connectivity index (χ1) is 29.2. The summed E-state index contributed by atoms with van der Waals surface area (Å²) in [6.45, 7) is 2.28. The summed E-state index contributed by atoms with van der Waals surface area (Å²) in [6, 6.07) is 65.0. The summed E-state index contributed by atoms with van der Waals surface area (Å²) in [4.78, 5) is 11.4. The first-order valence-corrected chi connectivity index (χ1v) is 20.4. The zero-order valence-electron chi connectivity index (χ0n) is 32.4. The van der Waals surface area contributed by atoms with Crippen LogP contribution in [0.25, 0.3) is 87.4 Å². The maximum atomic E-state index is 6.64. The molecule has 4 heteroatoms. The maximum absolute atomic E-state index is 6.64. The zero-order chi connectivity index (χ0) is 39.0. The van der Waals surface area contributed by atoms with Crippen LogP contribution in [-0.4, -0.2) is 16.1 Å². The van der Waals surface area contributed by atoms with Crippen molar-refractivity contribution in [3.8, 4) is 5.69 Å². The molecule has 4 nitrogen and oxygen atoms in total. The van der Waals surface area contributed by atoms with Gasteiger partial charge < -0.3 is 8.98 Å². The summed E-state index contributed by atoms with van der Waals surface area (Å²) >= 11 is 0. The normalized spacial score (nSPS) is 15.8. The molecule has 0 saturated carbocycles. The van der Waals surface area contributed by atoms with Crippen LogP contribution in [0.4, 0.5) is 0 Å². The minimum absolute atomic E-state index is 0.117. The summed E-state index contributed by atoms with van der Waals surface area (Å²) in [5.74, 6) is 0.811. The van der Waals surface area contributed by atoms with Gasteiger partial charge in [0.15, 0.2) is 5.84 Å². The number of amidine groups is 1. The van der Waals surface area contributed by atoms with Gasteiger partial charge in [-0.15, -0.1) is 0 Å². The Morgan fingerprint density at radius 3 is 1.98 bits per heavy atom. The minimum Gasteiger partial charge on any atom is -0.456 e. The van der Waals surface area contributed by atoms with E-state index >= 15 is 0 Å². The molecule has 0 spiro atoms. The maximum Gasteiger partial charge on any atom is 0.160 e. The lowest BCUT2D eigenvalue weighted by Gasteiger charge is -2.21. The molecule has 1 atom stereocenters. The first-order valence-electron chi connectivity index (χ1n) is 20.4. The molecule has 0 saturated heterocycles. The Hall–Kier alpha value is -7.56. The van der Waals surface area contributed by atoms with Crippen molar-refractivity contribution in [1.29, 1.82) is 0 Å². The summed E-state index contributed by atoms with van der Waals surface area (Å²) < 4.78 is 9.10. The lowest BCUT2D eigenvalue weighted by atomic mass is 9.92. The number of furan rings is 1. The lowest BCUT2D eigenvalue weighted by molar-refractivity contribution is 0.669. The van der Waals surface area contributed by atoms with Crippen LogP contribution >= 0.6 is 0 Å². The van der Waals surface area contributed by atoms with Crippen LogP contribution in [0.1, 0.15) is 30.0 Å². The van der Waals surface area contributed by atoms with E-state index in [9.17, 15) is 0 Å². The van der Waals surface area contributed by atoms with Crippen LogP contribution in [0, 0.1) is 5.92 Å². The van der Waals surface area contributed by atoms with E-state index in [4.69, 9.17) is 14.4 Å². The molecule has 1 unspecified atom stereocenters. The van der Waals surface area contributed by atoms with Gasteiger partial charge in [0.05, 0.1) is 33.5 Å². The number of aliphatic imine (C=N–C) groups is 2. The molecule has 59 heavy (non-hydrogen) atoms. The van der Waals surface area contributed by atoms with Crippen LogP contribution in [0.15, 0.2) is 202 Å². The van der Waals surface area contributed by atoms with E-state index in [0.717, 1.165) is 84.0 Å². The highest BCUT2D eigenvalue weighted by molar-refractivity contribution is 6.24. The number of benzene rings is 9. The number of fused-ring (bicyclic) bond motifs is 10. The van der Waals surface area contributed by atoms with E-state index in [-0.39, 0.29) is 5.92 Å². The fourth-order valence-corrected chi connectivity index (χ4v) is 9.43. The molecule has 1 aliphatic rings. The third kappa shape index (κ3) is 5.30. The minimum atomic E-state index is 0.117. The molecule has 1 aliphatic heterocycles. The molecule has 0 radical (unpaired) electrons. The second kappa shape index (κ2) is 13.3. The molecule has 0 bridgehead atoms. The molecule has 278 valence electrons. The van der Waals surface area contributed by atoms with Gasteiger partial charge in [-0.05, 0) is 86.8 Å². The van der Waals surface area contributed by atoms with Gasteiger partial charge in [-0.3, -0.25) is 0 Å². The van der Waals surface area contributed by atoms with Crippen molar-refractivity contribution in [2.45, 2.75) is 13.3 Å². The largest absolute Gasteiger partial charge is 0.456 e. The smallest absolute Gasteiger partial charge is 0.160 e. The van der Waals surface area contributed by atoms with E-state index in [1.807, 2.05) is 6.07 Å². The third-order valence-electron chi connectivity index (χ3n) is 12.2. The second-order valence-electron chi connectivity index (χ2n) is 15.7. The van der Waals surface area contributed by atoms with Crippen LogP contribution in [0.2, 0.25) is 0 Å². The molecule has 9 aromatic carbocycles. The lowest BCUT2D eigenvalue weighted by Crippen LogP contribution is -2.17. The molecule has 3 heterocycles. The predicted octanol–water partition coefficient (Wildman–Crippen LogP) is 14.5. The van der Waals surface area contributed by atoms with Crippen molar-refractivity contribution >= 4 is 93.3 Å². The van der Waals surface area contributed by atoms with E-state index in [0.29, 0.717) is 5.84 Å². The van der Waals surface area contributed by atoms with Crippen molar-refractivity contribution in [1.82, 2.24) is 4.57 Å². The fraction of sp³-hybridized carbons (Fsp3) is 0.0545. The number of rotatable bonds is 4. The Morgan fingerprint density at radius 2 is 1.15 bits per heavy atom. The molecule has 11 aromatic rings. The molecule has 0 aliphatic carbocycles. The van der Waals surface area contributed by atoms with Gasteiger partial charge in [0.25, 0.3) is 0 Å². The van der Waals surface area contributed by atoms with E-state index < -0.39 is 0 Å². The topological polar surface area (TPSA) is 42.8 Å². The zero-order valence-corrected chi connectivity index (χ0v) is 32.4. The summed E-state index contributed by atoms with van der Waals surface area (Å²) in [7, 11) is 0. The Kier molecular flexibility index (Phi) is 7.54. The van der Waals surface area contributed by atoms with Crippen molar-refractivity contribution in [3.05, 3.63) is 205 Å². The number of para-hydroxylation sites is 2. The van der Waals surface area contributed by atoms with Gasteiger partial charge in [0.1, 0.15) is 11.2 Å². The summed E-state index contributed by atoms with van der Waals surface area (Å²) in [6.07, 6.45) is 3.10. The Balaban J connectivity index is 1.21. The van der Waals surface area contributed by atoms with Crippen LogP contribution in [0.5, 0.6) is 0 Å². The van der Waals surface area contributed by atoms with Crippen LogP contribution in [0.3, 0.4) is 0 Å². The quantitative estimate of drug-likeness (QED) is 0.165. The number of aromatic nitrogens is 1. The molecule has 12 rings (SSSR count). The highest BCUT2D eigenvalue weighted by atomic mass is 16.3. The Morgan fingerprint density at radius 1 is 0.492 bits per heavy atom. The van der Waals surface area contributed by atoms with Crippen molar-refractivity contribution < 1.29 is 4.42 Å². The first kappa shape index (κ1) is 33.6. The Bertz CT molecular complexity index is 3600. The summed E-state index contributed by atoms with van der Waals surface area (Å²) in [5.41, 5.74) is 10.1. The van der Waals surface area contributed by atoms with E-state index in [1.54, 1.807) is 0 Å². The van der Waals surface area contributed by atoms with Crippen molar-refractivity contribution in [2.75, 3.05) is 0 Å². The van der Waals surface area contributed by atoms with Gasteiger partial charge >= 0.3 is 0 Å². The second-order valence-corrected chi connectivity index (χ2v) is 15.7. The van der Waals surface area contributed by atoms with Gasteiger partial charge in [0, 0.05) is 33.2 Å². The summed E-state index contributed by atoms with van der Waals surface area (Å²) in [5, 5.41) is 11.6. The monoisotopic (exact) mass is 755 g/mol. The van der Waals surface area contributed by atoms with Gasteiger partial charge in [-0.1, -0.05) is 153 Å². The molecular weight excluding hydrogens is 719 g/mol. The number of allylic oxidation sites excluding steroid dienone is 1. The molecule has 0 amide bonds. The third-order valence-corrected chi connectivity index (χ3v) is 12.2. The molecular formula is C55H37N3O. The number of hydrogen-bond donors (Lipinski definition) is 0. The molecule has 0 fully saturated rings. The van der Waals surface area contributed by atoms with Crippen molar-refractivity contribution in [2.24, 2.45) is 15.9 Å².